The number of anilines is 1. The smallest absolute Gasteiger partial charge is 0.224 e. The van der Waals surface area contributed by atoms with Crippen LogP contribution in [0.25, 0.3) is 11.4 Å². The predicted molar refractivity (Wildman–Crippen MR) is 87.6 cm³/mol. The summed E-state index contributed by atoms with van der Waals surface area (Å²) in [5.74, 6) is 0.144. The minimum Gasteiger partial charge on any atom is -0.326 e. The Morgan fingerprint density at radius 2 is 2.04 bits per heavy atom. The van der Waals surface area contributed by atoms with Crippen LogP contribution in [-0.4, -0.2) is 26.1 Å². The van der Waals surface area contributed by atoms with Crippen LogP contribution in [0.2, 0.25) is 0 Å². The summed E-state index contributed by atoms with van der Waals surface area (Å²) in [7, 11) is 1.75. The lowest BCUT2D eigenvalue weighted by molar-refractivity contribution is -0.116. The van der Waals surface area contributed by atoms with Crippen LogP contribution >= 0.6 is 0 Å². The summed E-state index contributed by atoms with van der Waals surface area (Å²) in [6.45, 7) is 0. The molecule has 0 saturated carbocycles. The molecule has 1 N–H and O–H groups in total. The Morgan fingerprint density at radius 1 is 1.21 bits per heavy atom. The number of carbonyl (C=O) groups is 1. The Hall–Kier alpha value is -3.09. The second-order valence-corrected chi connectivity index (χ2v) is 5.35. The molecule has 1 heterocycles. The van der Waals surface area contributed by atoms with E-state index in [1.165, 1.54) is 6.07 Å². The zero-order valence-electron chi connectivity index (χ0n) is 13.1. The average molecular weight is 325 g/mol. The Balaban J connectivity index is 1.65. The van der Waals surface area contributed by atoms with Crippen molar-refractivity contribution in [1.29, 1.82) is 0 Å². The van der Waals surface area contributed by atoms with Gasteiger partial charge in [-0.3, -0.25) is 4.79 Å². The van der Waals surface area contributed by atoms with Gasteiger partial charge < -0.3 is 5.32 Å². The van der Waals surface area contributed by atoms with Gasteiger partial charge in [-0.2, -0.15) is 0 Å². The van der Waals surface area contributed by atoms with E-state index < -0.39 is 0 Å². The van der Waals surface area contributed by atoms with E-state index in [1.807, 2.05) is 12.1 Å². The van der Waals surface area contributed by atoms with Gasteiger partial charge in [-0.15, -0.1) is 5.10 Å². The van der Waals surface area contributed by atoms with E-state index in [2.05, 4.69) is 20.8 Å². The van der Waals surface area contributed by atoms with Gasteiger partial charge in [-0.25, -0.2) is 9.07 Å². The fourth-order valence-corrected chi connectivity index (χ4v) is 2.38. The lowest BCUT2D eigenvalue weighted by Gasteiger charge is -2.07. The Kier molecular flexibility index (Phi) is 4.60. The Bertz CT molecular complexity index is 861. The topological polar surface area (TPSA) is 72.7 Å². The van der Waals surface area contributed by atoms with Crippen LogP contribution in [0.4, 0.5) is 10.1 Å². The van der Waals surface area contributed by atoms with Crippen LogP contribution in [-0.2, 0) is 18.3 Å². The first kappa shape index (κ1) is 15.8. The first-order valence-electron chi connectivity index (χ1n) is 7.49. The predicted octanol–water partition coefficient (Wildman–Crippen LogP) is 2.59. The van der Waals surface area contributed by atoms with E-state index in [0.29, 0.717) is 23.5 Å². The molecule has 0 aliphatic rings. The molecule has 0 spiro atoms. The van der Waals surface area contributed by atoms with Gasteiger partial charge in [0.1, 0.15) is 5.82 Å². The molecule has 0 atom stereocenters. The third-order valence-electron chi connectivity index (χ3n) is 3.60. The van der Waals surface area contributed by atoms with Crippen LogP contribution in [0.1, 0.15) is 12.0 Å². The highest BCUT2D eigenvalue weighted by atomic mass is 19.1. The molecular weight excluding hydrogens is 309 g/mol. The maximum Gasteiger partial charge on any atom is 0.224 e. The maximum atomic E-state index is 13.6. The molecular formula is C17H16FN5O. The van der Waals surface area contributed by atoms with E-state index >= 15 is 0 Å². The minimum atomic E-state index is -0.290. The maximum absolute atomic E-state index is 13.6. The zero-order valence-corrected chi connectivity index (χ0v) is 13.1. The highest BCUT2D eigenvalue weighted by molar-refractivity contribution is 5.91. The molecule has 2 aromatic carbocycles. The number of benzene rings is 2. The van der Waals surface area contributed by atoms with Crippen molar-refractivity contribution >= 4 is 11.6 Å². The van der Waals surface area contributed by atoms with Gasteiger partial charge in [0.15, 0.2) is 5.82 Å². The number of halogens is 1. The quantitative estimate of drug-likeness (QED) is 0.782. The number of carbonyl (C=O) groups excluding carboxylic acids is 1. The van der Waals surface area contributed by atoms with Crippen molar-refractivity contribution in [3.63, 3.8) is 0 Å². The molecule has 0 bridgehead atoms. The molecule has 6 nitrogen and oxygen atoms in total. The van der Waals surface area contributed by atoms with E-state index in [9.17, 15) is 9.18 Å². The minimum absolute atomic E-state index is 0.175. The van der Waals surface area contributed by atoms with Crippen molar-refractivity contribution in [3.05, 3.63) is 59.9 Å². The number of tetrazole rings is 1. The number of hydrogen-bond acceptors (Lipinski definition) is 4. The summed E-state index contributed by atoms with van der Waals surface area (Å²) in [5, 5.41) is 14.1. The molecule has 24 heavy (non-hydrogen) atoms. The molecule has 0 fully saturated rings. The number of amides is 1. The molecule has 7 heteroatoms. The SMILES string of the molecule is Cn1nnnc1-c1cccc(NC(=O)CCc2ccccc2F)c1. The molecule has 3 aromatic rings. The van der Waals surface area contributed by atoms with E-state index in [-0.39, 0.29) is 18.1 Å². The third kappa shape index (κ3) is 3.62. The van der Waals surface area contributed by atoms with Gasteiger partial charge in [-0.05, 0) is 40.6 Å². The van der Waals surface area contributed by atoms with Crippen molar-refractivity contribution < 1.29 is 9.18 Å². The van der Waals surface area contributed by atoms with Crippen LogP contribution in [0.15, 0.2) is 48.5 Å². The van der Waals surface area contributed by atoms with Gasteiger partial charge >= 0.3 is 0 Å². The van der Waals surface area contributed by atoms with Gasteiger partial charge in [0.05, 0.1) is 0 Å². The van der Waals surface area contributed by atoms with Crippen LogP contribution < -0.4 is 5.32 Å². The zero-order chi connectivity index (χ0) is 16.9. The number of aryl methyl sites for hydroxylation is 2. The summed E-state index contributed by atoms with van der Waals surface area (Å²) in [6, 6.07) is 13.7. The van der Waals surface area contributed by atoms with Crippen LogP contribution in [0.5, 0.6) is 0 Å². The molecule has 122 valence electrons. The molecule has 0 radical (unpaired) electrons. The molecule has 3 rings (SSSR count). The van der Waals surface area contributed by atoms with Gasteiger partial charge in [0.25, 0.3) is 0 Å². The monoisotopic (exact) mass is 325 g/mol. The second-order valence-electron chi connectivity index (χ2n) is 5.35. The highest BCUT2D eigenvalue weighted by Crippen LogP contribution is 2.20. The highest BCUT2D eigenvalue weighted by Gasteiger charge is 2.09. The molecule has 1 amide bonds. The fraction of sp³-hybridized carbons (Fsp3) is 0.176. The number of hydrogen-bond donors (Lipinski definition) is 1. The van der Waals surface area contributed by atoms with Gasteiger partial charge in [-0.1, -0.05) is 30.3 Å². The molecule has 0 aliphatic heterocycles. The molecule has 0 aliphatic carbocycles. The van der Waals surface area contributed by atoms with Crippen molar-refractivity contribution in [1.82, 2.24) is 20.2 Å². The van der Waals surface area contributed by atoms with E-state index in [4.69, 9.17) is 0 Å². The third-order valence-corrected chi connectivity index (χ3v) is 3.60. The number of nitrogens with one attached hydrogen (secondary N) is 1. The molecule has 1 aromatic heterocycles. The fourth-order valence-electron chi connectivity index (χ4n) is 2.38. The van der Waals surface area contributed by atoms with E-state index in [0.717, 1.165) is 5.56 Å². The van der Waals surface area contributed by atoms with E-state index in [1.54, 1.807) is 42.1 Å². The van der Waals surface area contributed by atoms with Gasteiger partial charge in [0, 0.05) is 24.7 Å². The first-order valence-corrected chi connectivity index (χ1v) is 7.49. The second kappa shape index (κ2) is 6.99. The van der Waals surface area contributed by atoms with Gasteiger partial charge in [0.2, 0.25) is 5.91 Å². The van der Waals surface area contributed by atoms with Crippen LogP contribution in [0, 0.1) is 5.82 Å². The van der Waals surface area contributed by atoms with Crippen molar-refractivity contribution in [2.45, 2.75) is 12.8 Å². The normalized spacial score (nSPS) is 10.6. The Labute approximate surface area is 138 Å². The standard InChI is InChI=1S/C17H16FN5O/c1-23-17(20-21-22-23)13-6-4-7-14(11-13)19-16(24)10-9-12-5-2-3-8-15(12)18/h2-8,11H,9-10H2,1H3,(H,19,24). The summed E-state index contributed by atoms with van der Waals surface area (Å²) in [4.78, 5) is 12.1. The number of nitrogens with zero attached hydrogens (tertiary/aromatic N) is 4. The number of rotatable bonds is 5. The first-order chi connectivity index (χ1) is 11.6. The average Bonchev–Trinajstić information content (AvgIpc) is 3.00. The lowest BCUT2D eigenvalue weighted by Crippen LogP contribution is -2.12. The summed E-state index contributed by atoms with van der Waals surface area (Å²) >= 11 is 0. The summed E-state index contributed by atoms with van der Waals surface area (Å²) in [6.07, 6.45) is 0.558. The number of aromatic nitrogens is 4. The van der Waals surface area contributed by atoms with Crippen molar-refractivity contribution in [2.75, 3.05) is 5.32 Å². The Morgan fingerprint density at radius 3 is 2.79 bits per heavy atom. The van der Waals surface area contributed by atoms with Crippen molar-refractivity contribution in [2.24, 2.45) is 7.05 Å². The van der Waals surface area contributed by atoms with Crippen molar-refractivity contribution in [3.8, 4) is 11.4 Å². The molecule has 0 saturated heterocycles. The largest absolute Gasteiger partial charge is 0.326 e. The van der Waals surface area contributed by atoms with Crippen LogP contribution in [0.3, 0.4) is 0 Å². The molecule has 0 unspecified atom stereocenters. The lowest BCUT2D eigenvalue weighted by atomic mass is 10.1. The summed E-state index contributed by atoms with van der Waals surface area (Å²) in [5.41, 5.74) is 1.98. The summed E-state index contributed by atoms with van der Waals surface area (Å²) < 4.78 is 15.1.